The lowest BCUT2D eigenvalue weighted by molar-refractivity contribution is 0.373. The third kappa shape index (κ3) is 3.09. The van der Waals surface area contributed by atoms with Crippen molar-refractivity contribution >= 4 is 17.3 Å². The van der Waals surface area contributed by atoms with Crippen LogP contribution in [0, 0.1) is 5.82 Å². The summed E-state index contributed by atoms with van der Waals surface area (Å²) >= 11 is 5.91. The summed E-state index contributed by atoms with van der Waals surface area (Å²) in [6.07, 6.45) is 0. The van der Waals surface area contributed by atoms with Gasteiger partial charge in [-0.3, -0.25) is 0 Å². The lowest BCUT2D eigenvalue weighted by Crippen LogP contribution is -2.02. The van der Waals surface area contributed by atoms with Gasteiger partial charge < -0.3 is 15.2 Å². The Hall–Kier alpha value is -1.94. The maximum Gasteiger partial charge on any atom is 0.160 e. The van der Waals surface area contributed by atoms with Gasteiger partial charge in [0.1, 0.15) is 5.82 Å². The van der Waals surface area contributed by atoms with E-state index in [-0.39, 0.29) is 11.4 Å². The highest BCUT2D eigenvalue weighted by molar-refractivity contribution is 6.33. The van der Waals surface area contributed by atoms with Gasteiger partial charge in [-0.25, -0.2) is 4.39 Å². The number of ether oxygens (including phenoxy) is 1. The minimum absolute atomic E-state index is 0.0650. The molecule has 0 aliphatic heterocycles. The third-order valence-corrected chi connectivity index (χ3v) is 2.99. The molecule has 0 amide bonds. The average molecular weight is 282 g/mol. The Kier molecular flexibility index (Phi) is 4.12. The van der Waals surface area contributed by atoms with E-state index in [0.717, 1.165) is 5.56 Å². The van der Waals surface area contributed by atoms with Crippen LogP contribution in [0.25, 0.3) is 0 Å². The number of anilines is 1. The summed E-state index contributed by atoms with van der Waals surface area (Å²) in [7, 11) is 1.47. The zero-order chi connectivity index (χ0) is 13.8. The highest BCUT2D eigenvalue weighted by Crippen LogP contribution is 2.28. The Balaban J connectivity index is 2.15. The van der Waals surface area contributed by atoms with Crippen molar-refractivity contribution in [3.63, 3.8) is 0 Å². The molecule has 0 fully saturated rings. The Morgan fingerprint density at radius 2 is 2.11 bits per heavy atom. The van der Waals surface area contributed by atoms with E-state index in [4.69, 9.17) is 16.3 Å². The second-order valence-corrected chi connectivity index (χ2v) is 4.36. The molecule has 0 aromatic heterocycles. The van der Waals surface area contributed by atoms with Crippen molar-refractivity contribution in [1.82, 2.24) is 0 Å². The number of aromatic hydroxyl groups is 1. The van der Waals surface area contributed by atoms with E-state index >= 15 is 0 Å². The molecular formula is C14H13ClFNO2. The molecule has 19 heavy (non-hydrogen) atoms. The highest BCUT2D eigenvalue weighted by atomic mass is 35.5. The normalized spacial score (nSPS) is 10.3. The summed E-state index contributed by atoms with van der Waals surface area (Å²) in [5.41, 5.74) is 1.10. The molecule has 2 aromatic carbocycles. The molecule has 5 heteroatoms. The fourth-order valence-corrected chi connectivity index (χ4v) is 1.92. The van der Waals surface area contributed by atoms with Crippen LogP contribution in [0.2, 0.25) is 5.02 Å². The zero-order valence-electron chi connectivity index (χ0n) is 10.3. The molecule has 0 bridgehead atoms. The monoisotopic (exact) mass is 281 g/mol. The molecule has 2 N–H and O–H groups in total. The van der Waals surface area contributed by atoms with Gasteiger partial charge in [-0.15, -0.1) is 0 Å². The van der Waals surface area contributed by atoms with E-state index in [1.165, 1.54) is 19.2 Å². The first-order valence-electron chi connectivity index (χ1n) is 5.65. The fourth-order valence-electron chi connectivity index (χ4n) is 1.69. The van der Waals surface area contributed by atoms with E-state index in [1.54, 1.807) is 24.3 Å². The number of hydrogen-bond acceptors (Lipinski definition) is 3. The van der Waals surface area contributed by atoms with Gasteiger partial charge in [0.05, 0.1) is 17.8 Å². The highest BCUT2D eigenvalue weighted by Gasteiger charge is 2.07. The average Bonchev–Trinajstić information content (AvgIpc) is 2.40. The van der Waals surface area contributed by atoms with Crippen LogP contribution in [0.3, 0.4) is 0 Å². The minimum Gasteiger partial charge on any atom is -0.504 e. The first kappa shape index (κ1) is 13.5. The topological polar surface area (TPSA) is 41.5 Å². The van der Waals surface area contributed by atoms with E-state index in [1.807, 2.05) is 0 Å². The molecule has 0 aliphatic rings. The molecule has 0 spiro atoms. The predicted octanol–water partition coefficient (Wildman–Crippen LogP) is 3.81. The van der Waals surface area contributed by atoms with Crippen molar-refractivity contribution in [1.29, 1.82) is 0 Å². The van der Waals surface area contributed by atoms with Crippen molar-refractivity contribution in [3.05, 3.63) is 52.8 Å². The maximum absolute atomic E-state index is 13.6. The van der Waals surface area contributed by atoms with Crippen LogP contribution in [-0.4, -0.2) is 12.2 Å². The molecule has 2 rings (SSSR count). The van der Waals surface area contributed by atoms with Crippen LogP contribution < -0.4 is 10.1 Å². The van der Waals surface area contributed by atoms with E-state index < -0.39 is 5.82 Å². The summed E-state index contributed by atoms with van der Waals surface area (Å²) in [5, 5.41) is 12.7. The van der Waals surface area contributed by atoms with Crippen molar-refractivity contribution < 1.29 is 14.2 Å². The standard InChI is InChI=1S/C14H13ClFNO2/c1-19-13-7-9(5-6-12(13)18)8-17-14-10(15)3-2-4-11(14)16/h2-7,17-18H,8H2,1H3. The second-order valence-electron chi connectivity index (χ2n) is 3.96. The number of benzene rings is 2. The summed E-state index contributed by atoms with van der Waals surface area (Å²) in [5.74, 6) is 0.0346. The first-order valence-corrected chi connectivity index (χ1v) is 6.03. The lowest BCUT2D eigenvalue weighted by atomic mass is 10.2. The SMILES string of the molecule is COc1cc(CNc2c(F)cccc2Cl)ccc1O. The van der Waals surface area contributed by atoms with Crippen LogP contribution in [0.1, 0.15) is 5.56 Å². The number of hydrogen-bond donors (Lipinski definition) is 2. The number of nitrogens with one attached hydrogen (secondary N) is 1. The van der Waals surface area contributed by atoms with Crippen LogP contribution in [0.15, 0.2) is 36.4 Å². The van der Waals surface area contributed by atoms with Crippen LogP contribution in [0.5, 0.6) is 11.5 Å². The van der Waals surface area contributed by atoms with Crippen LogP contribution in [0.4, 0.5) is 10.1 Å². The van der Waals surface area contributed by atoms with Gasteiger partial charge in [-0.1, -0.05) is 23.7 Å². The minimum atomic E-state index is -0.404. The third-order valence-electron chi connectivity index (χ3n) is 2.68. The Labute approximate surface area is 115 Å². The first-order chi connectivity index (χ1) is 9.11. The van der Waals surface area contributed by atoms with Gasteiger partial charge in [0, 0.05) is 6.54 Å². The summed E-state index contributed by atoms with van der Waals surface area (Å²) in [6, 6.07) is 9.43. The Morgan fingerprint density at radius 3 is 2.79 bits per heavy atom. The van der Waals surface area contributed by atoms with Crippen molar-refractivity contribution in [3.8, 4) is 11.5 Å². The van der Waals surface area contributed by atoms with Crippen LogP contribution in [-0.2, 0) is 6.54 Å². The number of para-hydroxylation sites is 1. The molecule has 0 radical (unpaired) electrons. The van der Waals surface area contributed by atoms with Crippen molar-refractivity contribution in [2.45, 2.75) is 6.54 Å². The maximum atomic E-state index is 13.6. The molecule has 2 aromatic rings. The van der Waals surface area contributed by atoms with Gasteiger partial charge in [-0.2, -0.15) is 0 Å². The summed E-state index contributed by atoms with van der Waals surface area (Å²) in [6.45, 7) is 0.372. The number of methoxy groups -OCH3 is 1. The van der Waals surface area contributed by atoms with Gasteiger partial charge >= 0.3 is 0 Å². The fraction of sp³-hybridized carbons (Fsp3) is 0.143. The molecule has 3 nitrogen and oxygen atoms in total. The number of rotatable bonds is 4. The quantitative estimate of drug-likeness (QED) is 0.895. The van der Waals surface area contributed by atoms with Gasteiger partial charge in [0.25, 0.3) is 0 Å². The zero-order valence-corrected chi connectivity index (χ0v) is 11.0. The predicted molar refractivity (Wildman–Crippen MR) is 73.4 cm³/mol. The second kappa shape index (κ2) is 5.80. The lowest BCUT2D eigenvalue weighted by Gasteiger charge is -2.11. The van der Waals surface area contributed by atoms with E-state index in [9.17, 15) is 9.50 Å². The molecule has 100 valence electrons. The Morgan fingerprint density at radius 1 is 1.32 bits per heavy atom. The van der Waals surface area contributed by atoms with E-state index in [2.05, 4.69) is 5.32 Å². The van der Waals surface area contributed by atoms with Crippen molar-refractivity contribution in [2.24, 2.45) is 0 Å². The summed E-state index contributed by atoms with van der Waals surface area (Å²) < 4.78 is 18.6. The van der Waals surface area contributed by atoms with E-state index in [0.29, 0.717) is 17.3 Å². The number of phenolic OH excluding ortho intramolecular Hbond substituents is 1. The smallest absolute Gasteiger partial charge is 0.160 e. The van der Waals surface area contributed by atoms with Gasteiger partial charge in [-0.05, 0) is 29.8 Å². The summed E-state index contributed by atoms with van der Waals surface area (Å²) in [4.78, 5) is 0. The van der Waals surface area contributed by atoms with Gasteiger partial charge in [0.15, 0.2) is 11.5 Å². The molecule has 0 heterocycles. The molecule has 0 atom stereocenters. The Bertz CT molecular complexity index is 569. The van der Waals surface area contributed by atoms with Crippen LogP contribution >= 0.6 is 11.6 Å². The molecule has 0 aliphatic carbocycles. The molecule has 0 saturated carbocycles. The number of halogens is 2. The van der Waals surface area contributed by atoms with Gasteiger partial charge in [0.2, 0.25) is 0 Å². The molecule has 0 saturated heterocycles. The molecular weight excluding hydrogens is 269 g/mol. The van der Waals surface area contributed by atoms with Crippen molar-refractivity contribution in [2.75, 3.05) is 12.4 Å². The molecule has 0 unspecified atom stereocenters. The number of phenols is 1. The largest absolute Gasteiger partial charge is 0.504 e.